The predicted molar refractivity (Wildman–Crippen MR) is 150 cm³/mol. The zero-order chi connectivity index (χ0) is 26.9. The van der Waals surface area contributed by atoms with Crippen LogP contribution in [0.4, 0.5) is 5.69 Å². The summed E-state index contributed by atoms with van der Waals surface area (Å²) < 4.78 is 5.68. The van der Waals surface area contributed by atoms with Crippen molar-refractivity contribution in [2.24, 2.45) is 5.92 Å². The number of ether oxygens (including phenoxy) is 1. The SMILES string of the molecule is CCCCCC(CC(=O)Nc1cc(C(=O)NCC(C)C)ccc1C(C)(C)C)c1ccc(C)cc1OC. The lowest BCUT2D eigenvalue weighted by Crippen LogP contribution is -2.28. The van der Waals surface area contributed by atoms with Gasteiger partial charge in [-0.25, -0.2) is 0 Å². The first-order valence-corrected chi connectivity index (χ1v) is 13.3. The van der Waals surface area contributed by atoms with Crippen LogP contribution < -0.4 is 15.4 Å². The molecule has 0 fully saturated rings. The molecule has 0 aliphatic carbocycles. The second-order valence-corrected chi connectivity index (χ2v) is 11.3. The van der Waals surface area contributed by atoms with Crippen molar-refractivity contribution >= 4 is 17.5 Å². The van der Waals surface area contributed by atoms with E-state index in [2.05, 4.69) is 64.3 Å². The highest BCUT2D eigenvalue weighted by molar-refractivity contribution is 5.98. The number of unbranched alkanes of at least 4 members (excludes halogenated alkanes) is 2. The van der Waals surface area contributed by atoms with Crippen LogP contribution in [0, 0.1) is 12.8 Å². The van der Waals surface area contributed by atoms with E-state index in [0.29, 0.717) is 30.1 Å². The molecule has 0 aliphatic heterocycles. The highest BCUT2D eigenvalue weighted by Crippen LogP contribution is 2.35. The van der Waals surface area contributed by atoms with Crippen LogP contribution in [0.3, 0.4) is 0 Å². The standard InChI is InChI=1S/C31H46N2O3/c1-9-10-11-12-23(25-15-13-22(4)17-28(25)36-8)19-29(34)33-27-18-24(30(35)32-20-21(2)3)14-16-26(27)31(5,6)7/h13-18,21,23H,9-12,19-20H2,1-8H3,(H,32,35)(H,33,34). The summed E-state index contributed by atoms with van der Waals surface area (Å²) in [6.45, 7) is 15.3. The number of hydrogen-bond acceptors (Lipinski definition) is 3. The second kappa shape index (κ2) is 13.5. The van der Waals surface area contributed by atoms with Gasteiger partial charge in [-0.1, -0.05) is 79.0 Å². The lowest BCUT2D eigenvalue weighted by molar-refractivity contribution is -0.116. The van der Waals surface area contributed by atoms with Gasteiger partial charge < -0.3 is 15.4 Å². The van der Waals surface area contributed by atoms with E-state index in [0.717, 1.165) is 48.1 Å². The molecule has 0 saturated heterocycles. The van der Waals surface area contributed by atoms with E-state index in [1.807, 2.05) is 31.2 Å². The lowest BCUT2D eigenvalue weighted by atomic mass is 9.84. The number of methoxy groups -OCH3 is 1. The van der Waals surface area contributed by atoms with Crippen molar-refractivity contribution in [3.8, 4) is 5.75 Å². The van der Waals surface area contributed by atoms with E-state index < -0.39 is 0 Å². The van der Waals surface area contributed by atoms with Gasteiger partial charge in [-0.2, -0.15) is 0 Å². The van der Waals surface area contributed by atoms with Crippen LogP contribution in [-0.4, -0.2) is 25.5 Å². The molecule has 0 bridgehead atoms. The van der Waals surface area contributed by atoms with Crippen LogP contribution in [0.2, 0.25) is 0 Å². The lowest BCUT2D eigenvalue weighted by Gasteiger charge is -2.25. The summed E-state index contributed by atoms with van der Waals surface area (Å²) in [7, 11) is 1.69. The number of hydrogen-bond donors (Lipinski definition) is 2. The smallest absolute Gasteiger partial charge is 0.251 e. The van der Waals surface area contributed by atoms with Crippen molar-refractivity contribution in [2.75, 3.05) is 19.0 Å². The second-order valence-electron chi connectivity index (χ2n) is 11.3. The highest BCUT2D eigenvalue weighted by atomic mass is 16.5. The average molecular weight is 495 g/mol. The maximum absolute atomic E-state index is 13.4. The Morgan fingerprint density at radius 2 is 1.75 bits per heavy atom. The van der Waals surface area contributed by atoms with Gasteiger partial charge in [-0.05, 0) is 65.5 Å². The molecule has 0 heterocycles. The maximum Gasteiger partial charge on any atom is 0.251 e. The van der Waals surface area contributed by atoms with Gasteiger partial charge in [0.25, 0.3) is 5.91 Å². The predicted octanol–water partition coefficient (Wildman–Crippen LogP) is 7.38. The zero-order valence-corrected chi connectivity index (χ0v) is 23.6. The van der Waals surface area contributed by atoms with Crippen molar-refractivity contribution in [1.82, 2.24) is 5.32 Å². The number of nitrogens with one attached hydrogen (secondary N) is 2. The number of anilines is 1. The summed E-state index contributed by atoms with van der Waals surface area (Å²) in [5, 5.41) is 6.13. The van der Waals surface area contributed by atoms with E-state index in [1.165, 1.54) is 0 Å². The Morgan fingerprint density at radius 1 is 1.03 bits per heavy atom. The Balaban J connectivity index is 2.32. The first-order valence-electron chi connectivity index (χ1n) is 13.3. The molecule has 2 N–H and O–H groups in total. The van der Waals surface area contributed by atoms with Crippen LogP contribution in [0.25, 0.3) is 0 Å². The molecule has 2 rings (SSSR count). The maximum atomic E-state index is 13.4. The first kappa shape index (κ1) is 29.4. The molecule has 2 aromatic carbocycles. The monoisotopic (exact) mass is 494 g/mol. The van der Waals surface area contributed by atoms with Crippen LogP contribution in [-0.2, 0) is 10.2 Å². The largest absolute Gasteiger partial charge is 0.496 e. The van der Waals surface area contributed by atoms with E-state index in [1.54, 1.807) is 7.11 Å². The fourth-order valence-corrected chi connectivity index (χ4v) is 4.43. The molecule has 198 valence electrons. The Kier molecular flexibility index (Phi) is 11.0. The number of carbonyl (C=O) groups is 2. The van der Waals surface area contributed by atoms with Gasteiger partial charge >= 0.3 is 0 Å². The average Bonchev–Trinajstić information content (AvgIpc) is 2.81. The number of carbonyl (C=O) groups excluding carboxylic acids is 2. The van der Waals surface area contributed by atoms with E-state index in [9.17, 15) is 9.59 Å². The first-order chi connectivity index (χ1) is 17.0. The molecule has 5 heteroatoms. The molecule has 0 aromatic heterocycles. The zero-order valence-electron chi connectivity index (χ0n) is 23.6. The fraction of sp³-hybridized carbons (Fsp3) is 0.548. The van der Waals surface area contributed by atoms with Gasteiger partial charge in [0.05, 0.1) is 7.11 Å². The van der Waals surface area contributed by atoms with Crippen LogP contribution >= 0.6 is 0 Å². The molecule has 0 saturated carbocycles. The molecule has 2 amide bonds. The normalized spacial score (nSPS) is 12.4. The summed E-state index contributed by atoms with van der Waals surface area (Å²) in [5.41, 5.74) is 4.29. The summed E-state index contributed by atoms with van der Waals surface area (Å²) in [6.07, 6.45) is 4.60. The summed E-state index contributed by atoms with van der Waals surface area (Å²) in [6, 6.07) is 11.8. The van der Waals surface area contributed by atoms with Gasteiger partial charge in [-0.15, -0.1) is 0 Å². The molecular formula is C31H46N2O3. The molecule has 36 heavy (non-hydrogen) atoms. The summed E-state index contributed by atoms with van der Waals surface area (Å²) in [4.78, 5) is 26.1. The van der Waals surface area contributed by atoms with Crippen molar-refractivity contribution in [3.63, 3.8) is 0 Å². The van der Waals surface area contributed by atoms with Crippen molar-refractivity contribution in [2.45, 2.75) is 91.9 Å². The Labute approximate surface area is 218 Å². The third kappa shape index (κ3) is 8.69. The van der Waals surface area contributed by atoms with E-state index in [-0.39, 0.29) is 23.1 Å². The minimum absolute atomic E-state index is 0.0515. The van der Waals surface area contributed by atoms with Crippen LogP contribution in [0.1, 0.15) is 107 Å². The molecule has 1 unspecified atom stereocenters. The van der Waals surface area contributed by atoms with Crippen molar-refractivity contribution in [1.29, 1.82) is 0 Å². The Hall–Kier alpha value is -2.82. The third-order valence-corrected chi connectivity index (χ3v) is 6.45. The third-order valence-electron chi connectivity index (χ3n) is 6.45. The number of rotatable bonds is 12. The molecular weight excluding hydrogens is 448 g/mol. The number of aryl methyl sites for hydroxylation is 1. The fourth-order valence-electron chi connectivity index (χ4n) is 4.43. The Morgan fingerprint density at radius 3 is 2.36 bits per heavy atom. The summed E-state index contributed by atoms with van der Waals surface area (Å²) in [5.74, 6) is 1.09. The number of benzene rings is 2. The van der Waals surface area contributed by atoms with Crippen molar-refractivity contribution < 1.29 is 14.3 Å². The van der Waals surface area contributed by atoms with Gasteiger partial charge in [0.1, 0.15) is 5.75 Å². The molecule has 0 spiro atoms. The topological polar surface area (TPSA) is 67.4 Å². The number of amides is 2. The molecule has 1 atom stereocenters. The molecule has 0 radical (unpaired) electrons. The van der Waals surface area contributed by atoms with Crippen LogP contribution in [0.15, 0.2) is 36.4 Å². The van der Waals surface area contributed by atoms with Crippen LogP contribution in [0.5, 0.6) is 5.75 Å². The van der Waals surface area contributed by atoms with Crippen molar-refractivity contribution in [3.05, 3.63) is 58.7 Å². The van der Waals surface area contributed by atoms with E-state index in [4.69, 9.17) is 4.74 Å². The molecule has 0 aliphatic rings. The highest BCUT2D eigenvalue weighted by Gasteiger charge is 2.24. The summed E-state index contributed by atoms with van der Waals surface area (Å²) >= 11 is 0. The van der Waals surface area contributed by atoms with Gasteiger partial charge in [0, 0.05) is 24.2 Å². The molecule has 5 nitrogen and oxygen atoms in total. The van der Waals surface area contributed by atoms with E-state index >= 15 is 0 Å². The van der Waals surface area contributed by atoms with Gasteiger partial charge in [-0.3, -0.25) is 9.59 Å². The van der Waals surface area contributed by atoms with Gasteiger partial charge in [0.15, 0.2) is 0 Å². The molecule has 2 aromatic rings. The Bertz CT molecular complexity index is 1020. The quantitative estimate of drug-likeness (QED) is 0.303. The minimum Gasteiger partial charge on any atom is -0.496 e. The van der Waals surface area contributed by atoms with Gasteiger partial charge in [0.2, 0.25) is 5.91 Å². The minimum atomic E-state index is -0.184.